The van der Waals surface area contributed by atoms with Crippen molar-refractivity contribution in [1.29, 1.82) is 0 Å². The number of aromatic amines is 1. The monoisotopic (exact) mass is 342 g/mol. The van der Waals surface area contributed by atoms with Crippen LogP contribution in [0, 0.1) is 6.92 Å². The summed E-state index contributed by atoms with van der Waals surface area (Å²) in [5.41, 5.74) is 2.16. The first-order chi connectivity index (χ1) is 12.0. The Kier molecular flexibility index (Phi) is 3.82. The van der Waals surface area contributed by atoms with Gasteiger partial charge in [-0.3, -0.25) is 14.7 Å². The average Bonchev–Trinajstić information content (AvgIpc) is 3.18. The van der Waals surface area contributed by atoms with Crippen LogP contribution in [0.3, 0.4) is 0 Å². The highest BCUT2D eigenvalue weighted by atomic mass is 16.2. The Hall–Kier alpha value is -2.64. The molecule has 0 radical (unpaired) electrons. The van der Waals surface area contributed by atoms with Gasteiger partial charge in [0.2, 0.25) is 5.91 Å². The molecule has 2 aliphatic rings. The minimum atomic E-state index is -0.216. The fourth-order valence-electron chi connectivity index (χ4n) is 3.63. The summed E-state index contributed by atoms with van der Waals surface area (Å²) in [5, 5.41) is 9.91. The molecule has 2 aromatic heterocycles. The largest absolute Gasteiger partial charge is 0.345 e. The van der Waals surface area contributed by atoms with Gasteiger partial charge < -0.3 is 14.8 Å². The number of rotatable bonds is 4. The van der Waals surface area contributed by atoms with Gasteiger partial charge >= 0.3 is 0 Å². The molecule has 0 aromatic carbocycles. The van der Waals surface area contributed by atoms with Crippen LogP contribution in [-0.4, -0.2) is 48.5 Å². The fraction of sp³-hybridized carbons (Fsp3) is 0.529. The SMILES string of the molecule is Cc1cc(C(=O)N[C@@H]2CCC(=O)N(C3CC3)[C@H]2c2cncn2C)n[nH]1. The summed E-state index contributed by atoms with van der Waals surface area (Å²) in [6.45, 7) is 1.86. The minimum absolute atomic E-state index is 0.154. The molecule has 8 nitrogen and oxygen atoms in total. The first-order valence-electron chi connectivity index (χ1n) is 8.65. The van der Waals surface area contributed by atoms with E-state index in [0.717, 1.165) is 24.2 Å². The minimum Gasteiger partial charge on any atom is -0.345 e. The smallest absolute Gasteiger partial charge is 0.272 e. The molecule has 1 aliphatic heterocycles. The van der Waals surface area contributed by atoms with E-state index < -0.39 is 0 Å². The lowest BCUT2D eigenvalue weighted by Crippen LogP contribution is -2.53. The molecule has 132 valence electrons. The van der Waals surface area contributed by atoms with Gasteiger partial charge in [-0.15, -0.1) is 0 Å². The van der Waals surface area contributed by atoms with E-state index in [1.807, 2.05) is 23.4 Å². The molecular formula is C17H22N6O2. The van der Waals surface area contributed by atoms with Crippen molar-refractivity contribution in [2.24, 2.45) is 7.05 Å². The van der Waals surface area contributed by atoms with Gasteiger partial charge in [0.05, 0.1) is 30.3 Å². The first-order valence-corrected chi connectivity index (χ1v) is 8.65. The summed E-state index contributed by atoms with van der Waals surface area (Å²) in [4.78, 5) is 31.3. The zero-order valence-electron chi connectivity index (χ0n) is 14.4. The molecule has 1 saturated heterocycles. The van der Waals surface area contributed by atoms with Crippen LogP contribution in [0.15, 0.2) is 18.6 Å². The predicted octanol–water partition coefficient (Wildman–Crippen LogP) is 1.08. The second kappa shape index (κ2) is 6.02. The number of aryl methyl sites for hydroxylation is 2. The van der Waals surface area contributed by atoms with Crippen LogP contribution in [0.1, 0.15) is 53.6 Å². The summed E-state index contributed by atoms with van der Waals surface area (Å²) in [7, 11) is 1.92. The van der Waals surface area contributed by atoms with Crippen LogP contribution in [0.25, 0.3) is 0 Å². The lowest BCUT2D eigenvalue weighted by molar-refractivity contribution is -0.138. The van der Waals surface area contributed by atoms with Crippen molar-refractivity contribution >= 4 is 11.8 Å². The first kappa shape index (κ1) is 15.9. The molecule has 2 aromatic rings. The number of hydrogen-bond donors (Lipinski definition) is 2. The predicted molar refractivity (Wildman–Crippen MR) is 89.6 cm³/mol. The van der Waals surface area contributed by atoms with Crippen LogP contribution in [-0.2, 0) is 11.8 Å². The van der Waals surface area contributed by atoms with E-state index >= 15 is 0 Å². The summed E-state index contributed by atoms with van der Waals surface area (Å²) in [5.74, 6) is -0.0542. The average molecular weight is 342 g/mol. The highest BCUT2D eigenvalue weighted by molar-refractivity contribution is 5.92. The van der Waals surface area contributed by atoms with Crippen molar-refractivity contribution in [3.63, 3.8) is 0 Å². The third kappa shape index (κ3) is 2.92. The second-order valence-electron chi connectivity index (χ2n) is 6.96. The van der Waals surface area contributed by atoms with Gasteiger partial charge in [-0.2, -0.15) is 5.10 Å². The highest BCUT2D eigenvalue weighted by Crippen LogP contribution is 2.40. The van der Waals surface area contributed by atoms with Crippen LogP contribution >= 0.6 is 0 Å². The third-order valence-corrected chi connectivity index (χ3v) is 4.99. The van der Waals surface area contributed by atoms with E-state index in [1.54, 1.807) is 18.6 Å². The maximum atomic E-state index is 12.6. The summed E-state index contributed by atoms with van der Waals surface area (Å²) >= 11 is 0. The van der Waals surface area contributed by atoms with Crippen LogP contribution in [0.4, 0.5) is 0 Å². The molecule has 2 atom stereocenters. The number of nitrogens with zero attached hydrogens (tertiary/aromatic N) is 4. The molecule has 25 heavy (non-hydrogen) atoms. The quantitative estimate of drug-likeness (QED) is 0.869. The molecule has 2 fully saturated rings. The third-order valence-electron chi connectivity index (χ3n) is 4.99. The van der Waals surface area contributed by atoms with Crippen molar-refractivity contribution in [2.45, 2.75) is 50.7 Å². The van der Waals surface area contributed by atoms with E-state index in [2.05, 4.69) is 20.5 Å². The lowest BCUT2D eigenvalue weighted by Gasteiger charge is -2.41. The summed E-state index contributed by atoms with van der Waals surface area (Å²) in [6.07, 6.45) is 6.65. The zero-order valence-corrected chi connectivity index (χ0v) is 14.4. The van der Waals surface area contributed by atoms with Crippen LogP contribution in [0.5, 0.6) is 0 Å². The molecule has 3 heterocycles. The molecule has 2 amide bonds. The number of amides is 2. The normalized spacial score (nSPS) is 23.8. The molecule has 1 aliphatic carbocycles. The van der Waals surface area contributed by atoms with Crippen molar-refractivity contribution in [1.82, 2.24) is 30.0 Å². The molecule has 0 bridgehead atoms. The van der Waals surface area contributed by atoms with E-state index in [4.69, 9.17) is 0 Å². The Balaban J connectivity index is 1.63. The highest BCUT2D eigenvalue weighted by Gasteiger charge is 2.45. The standard InChI is InChI=1S/C17H22N6O2/c1-10-7-13(21-20-10)17(25)19-12-5-6-15(24)23(11-3-4-11)16(12)14-8-18-9-22(14)2/h7-9,11-12,16H,3-6H2,1-2H3,(H,19,25)(H,20,21)/t12-,16-/m1/s1. The molecule has 8 heteroatoms. The van der Waals surface area contributed by atoms with Crippen molar-refractivity contribution in [2.75, 3.05) is 0 Å². The van der Waals surface area contributed by atoms with E-state index in [-0.39, 0.29) is 29.9 Å². The number of piperidine rings is 1. The van der Waals surface area contributed by atoms with Gasteiger partial charge in [0.25, 0.3) is 5.91 Å². The number of carbonyl (C=O) groups is 2. The Labute approximate surface area is 145 Å². The number of likely N-dealkylation sites (tertiary alicyclic amines) is 1. The number of hydrogen-bond acceptors (Lipinski definition) is 4. The number of imidazole rings is 1. The topological polar surface area (TPSA) is 95.9 Å². The molecule has 1 saturated carbocycles. The fourth-order valence-corrected chi connectivity index (χ4v) is 3.63. The van der Waals surface area contributed by atoms with Gasteiger partial charge in [-0.25, -0.2) is 4.98 Å². The van der Waals surface area contributed by atoms with Gasteiger partial charge in [0.15, 0.2) is 0 Å². The molecule has 0 unspecified atom stereocenters. The molecule has 4 rings (SSSR count). The lowest BCUT2D eigenvalue weighted by atomic mass is 9.92. The molecule has 2 N–H and O–H groups in total. The van der Waals surface area contributed by atoms with Gasteiger partial charge in [0.1, 0.15) is 5.69 Å². The van der Waals surface area contributed by atoms with E-state index in [9.17, 15) is 9.59 Å². The van der Waals surface area contributed by atoms with Gasteiger partial charge in [-0.1, -0.05) is 0 Å². The number of aromatic nitrogens is 4. The van der Waals surface area contributed by atoms with Crippen LogP contribution in [0.2, 0.25) is 0 Å². The van der Waals surface area contributed by atoms with E-state index in [0.29, 0.717) is 18.5 Å². The number of carbonyl (C=O) groups excluding carboxylic acids is 2. The second-order valence-corrected chi connectivity index (χ2v) is 6.96. The maximum absolute atomic E-state index is 12.6. The van der Waals surface area contributed by atoms with Crippen molar-refractivity contribution in [3.8, 4) is 0 Å². The summed E-state index contributed by atoms with van der Waals surface area (Å²) in [6, 6.07) is 1.66. The van der Waals surface area contributed by atoms with Gasteiger partial charge in [0, 0.05) is 25.2 Å². The molecule has 0 spiro atoms. The van der Waals surface area contributed by atoms with Crippen molar-refractivity contribution < 1.29 is 9.59 Å². The Morgan fingerprint density at radius 3 is 2.76 bits per heavy atom. The van der Waals surface area contributed by atoms with E-state index in [1.165, 1.54) is 0 Å². The Morgan fingerprint density at radius 2 is 2.16 bits per heavy atom. The molecular weight excluding hydrogens is 320 g/mol. The zero-order chi connectivity index (χ0) is 17.6. The van der Waals surface area contributed by atoms with Gasteiger partial charge in [-0.05, 0) is 32.3 Å². The Morgan fingerprint density at radius 1 is 1.36 bits per heavy atom. The summed E-state index contributed by atoms with van der Waals surface area (Å²) < 4.78 is 1.93. The number of H-pyrrole nitrogens is 1. The van der Waals surface area contributed by atoms with Crippen molar-refractivity contribution in [3.05, 3.63) is 35.7 Å². The number of nitrogens with one attached hydrogen (secondary N) is 2. The maximum Gasteiger partial charge on any atom is 0.272 e. The van der Waals surface area contributed by atoms with Crippen LogP contribution < -0.4 is 5.32 Å². The Bertz CT molecular complexity index is 806.